The van der Waals surface area contributed by atoms with Gasteiger partial charge in [-0.3, -0.25) is 0 Å². The number of amides is 1. The van der Waals surface area contributed by atoms with E-state index in [-0.39, 0.29) is 17.4 Å². The summed E-state index contributed by atoms with van der Waals surface area (Å²) in [6.45, 7) is 8.65. The average Bonchev–Trinajstić information content (AvgIpc) is 2.70. The number of ether oxygens (including phenoxy) is 2. The molecule has 9 nitrogen and oxygen atoms in total. The number of rotatable bonds is 10. The molecule has 0 saturated carbocycles. The molecule has 0 fully saturated rings. The highest BCUT2D eigenvalue weighted by Gasteiger charge is 2.16. The van der Waals surface area contributed by atoms with Crippen LogP contribution < -0.4 is 15.4 Å². The van der Waals surface area contributed by atoms with E-state index in [2.05, 4.69) is 20.6 Å². The molecule has 168 valence electrons. The molecule has 1 heterocycles. The fourth-order valence-electron chi connectivity index (χ4n) is 2.48. The monoisotopic (exact) mass is 430 g/mol. The summed E-state index contributed by atoms with van der Waals surface area (Å²) in [5, 5.41) is 15.1. The zero-order valence-electron chi connectivity index (χ0n) is 18.4. The van der Waals surface area contributed by atoms with Crippen molar-refractivity contribution in [2.45, 2.75) is 59.2 Å². The van der Waals surface area contributed by atoms with Gasteiger partial charge in [0, 0.05) is 13.1 Å². The standard InChI is InChI=1S/C22H30N4O5/c1-5-6-11-30-20-24-14-17(19(27)28)18(26-20)23-12-15-7-9-16(10-8-15)13-25-21(29)31-22(2,3)4/h7-10,14H,5-6,11-13H2,1-4H3,(H,25,29)(H,27,28)(H,23,24,26). The Morgan fingerprint density at radius 2 is 1.74 bits per heavy atom. The van der Waals surface area contributed by atoms with Gasteiger partial charge in [-0.2, -0.15) is 4.98 Å². The number of nitrogens with zero attached hydrogens (tertiary/aromatic N) is 2. The van der Waals surface area contributed by atoms with Crippen LogP contribution in [0.4, 0.5) is 10.6 Å². The Hall–Kier alpha value is -3.36. The molecule has 9 heteroatoms. The molecule has 3 N–H and O–H groups in total. The number of benzene rings is 1. The SMILES string of the molecule is CCCCOc1ncc(C(=O)O)c(NCc2ccc(CNC(=O)OC(C)(C)C)cc2)n1. The lowest BCUT2D eigenvalue weighted by Crippen LogP contribution is -2.32. The van der Waals surface area contributed by atoms with E-state index in [0.29, 0.717) is 19.7 Å². The van der Waals surface area contributed by atoms with Gasteiger partial charge in [0.2, 0.25) is 0 Å². The maximum absolute atomic E-state index is 11.7. The number of carbonyl (C=O) groups is 2. The van der Waals surface area contributed by atoms with Crippen molar-refractivity contribution in [1.29, 1.82) is 0 Å². The van der Waals surface area contributed by atoms with Crippen LogP contribution in [0.1, 0.15) is 62.0 Å². The minimum Gasteiger partial charge on any atom is -0.477 e. The molecule has 0 saturated heterocycles. The highest BCUT2D eigenvalue weighted by atomic mass is 16.6. The Labute approximate surface area is 182 Å². The molecular formula is C22H30N4O5. The topological polar surface area (TPSA) is 123 Å². The van der Waals surface area contributed by atoms with Crippen LogP contribution in [0.15, 0.2) is 30.5 Å². The van der Waals surface area contributed by atoms with Gasteiger partial charge in [-0.25, -0.2) is 14.6 Å². The molecule has 2 rings (SSSR count). The van der Waals surface area contributed by atoms with Gasteiger partial charge in [-0.1, -0.05) is 37.6 Å². The predicted octanol–water partition coefficient (Wildman–Crippen LogP) is 3.99. The summed E-state index contributed by atoms with van der Waals surface area (Å²) < 4.78 is 10.7. The molecule has 0 spiro atoms. The van der Waals surface area contributed by atoms with E-state index < -0.39 is 17.7 Å². The number of carboxylic acid groups (broad SMARTS) is 1. The smallest absolute Gasteiger partial charge is 0.407 e. The summed E-state index contributed by atoms with van der Waals surface area (Å²) in [7, 11) is 0. The van der Waals surface area contributed by atoms with E-state index in [1.165, 1.54) is 6.20 Å². The number of aromatic nitrogens is 2. The lowest BCUT2D eigenvalue weighted by molar-refractivity contribution is 0.0523. The average molecular weight is 431 g/mol. The first-order chi connectivity index (χ1) is 14.7. The molecule has 2 aromatic rings. The number of anilines is 1. The van der Waals surface area contributed by atoms with Crippen LogP contribution in [-0.4, -0.2) is 39.3 Å². The van der Waals surface area contributed by atoms with Crippen molar-refractivity contribution in [3.8, 4) is 6.01 Å². The Balaban J connectivity index is 1.95. The second-order valence-electron chi connectivity index (χ2n) is 7.95. The van der Waals surface area contributed by atoms with Gasteiger partial charge in [0.25, 0.3) is 0 Å². The van der Waals surface area contributed by atoms with E-state index >= 15 is 0 Å². The summed E-state index contributed by atoms with van der Waals surface area (Å²) >= 11 is 0. The van der Waals surface area contributed by atoms with E-state index in [9.17, 15) is 14.7 Å². The number of aromatic carboxylic acids is 1. The second-order valence-corrected chi connectivity index (χ2v) is 7.95. The van der Waals surface area contributed by atoms with E-state index in [0.717, 1.165) is 24.0 Å². The van der Waals surface area contributed by atoms with Gasteiger partial charge in [0.15, 0.2) is 0 Å². The Kier molecular flexibility index (Phi) is 8.60. The minimum atomic E-state index is -1.12. The molecule has 0 aliphatic rings. The molecule has 0 aliphatic carbocycles. The highest BCUT2D eigenvalue weighted by molar-refractivity contribution is 5.92. The second kappa shape index (κ2) is 11.1. The molecule has 0 atom stereocenters. The number of unbranched alkanes of at least 4 members (excludes halogenated alkanes) is 1. The van der Waals surface area contributed by atoms with Gasteiger partial charge >= 0.3 is 18.1 Å². The number of hydrogen-bond donors (Lipinski definition) is 3. The zero-order valence-corrected chi connectivity index (χ0v) is 18.4. The maximum atomic E-state index is 11.7. The third-order valence-electron chi connectivity index (χ3n) is 4.04. The normalized spacial score (nSPS) is 11.0. The highest BCUT2D eigenvalue weighted by Crippen LogP contribution is 2.17. The predicted molar refractivity (Wildman–Crippen MR) is 116 cm³/mol. The fourth-order valence-corrected chi connectivity index (χ4v) is 2.48. The summed E-state index contributed by atoms with van der Waals surface area (Å²) in [6, 6.07) is 7.68. The minimum absolute atomic E-state index is 0.0268. The van der Waals surface area contributed by atoms with Crippen LogP contribution >= 0.6 is 0 Å². The van der Waals surface area contributed by atoms with Crippen LogP contribution in [0.3, 0.4) is 0 Å². The largest absolute Gasteiger partial charge is 0.477 e. The van der Waals surface area contributed by atoms with Gasteiger partial charge in [-0.05, 0) is 38.3 Å². The van der Waals surface area contributed by atoms with Crippen molar-refractivity contribution >= 4 is 17.9 Å². The van der Waals surface area contributed by atoms with E-state index in [1.807, 2.05) is 52.0 Å². The quantitative estimate of drug-likeness (QED) is 0.484. The van der Waals surface area contributed by atoms with Gasteiger partial charge in [0.1, 0.15) is 17.0 Å². The molecule has 1 aromatic carbocycles. The third kappa shape index (κ3) is 8.49. The van der Waals surface area contributed by atoms with Crippen LogP contribution in [0.2, 0.25) is 0 Å². The number of alkyl carbamates (subject to hydrolysis) is 1. The van der Waals surface area contributed by atoms with E-state index in [4.69, 9.17) is 9.47 Å². The summed E-state index contributed by atoms with van der Waals surface area (Å²) in [5.74, 6) is -0.921. The lowest BCUT2D eigenvalue weighted by atomic mass is 10.1. The van der Waals surface area contributed by atoms with Crippen molar-refractivity contribution in [3.05, 3.63) is 47.2 Å². The lowest BCUT2D eigenvalue weighted by Gasteiger charge is -2.19. The first kappa shape index (κ1) is 23.9. The van der Waals surface area contributed by atoms with Crippen LogP contribution in [-0.2, 0) is 17.8 Å². The zero-order chi connectivity index (χ0) is 22.9. The number of carbonyl (C=O) groups excluding carboxylic acids is 1. The number of hydrogen-bond acceptors (Lipinski definition) is 7. The molecule has 31 heavy (non-hydrogen) atoms. The molecule has 1 amide bonds. The van der Waals surface area contributed by atoms with Crippen molar-refractivity contribution in [2.75, 3.05) is 11.9 Å². The van der Waals surface area contributed by atoms with Crippen molar-refractivity contribution in [2.24, 2.45) is 0 Å². The first-order valence-electron chi connectivity index (χ1n) is 10.2. The molecule has 0 bridgehead atoms. The van der Waals surface area contributed by atoms with Gasteiger partial charge in [0.05, 0.1) is 12.8 Å². The van der Waals surface area contributed by atoms with Crippen molar-refractivity contribution in [1.82, 2.24) is 15.3 Å². The first-order valence-corrected chi connectivity index (χ1v) is 10.2. The Bertz CT molecular complexity index is 878. The number of nitrogens with one attached hydrogen (secondary N) is 2. The molecular weight excluding hydrogens is 400 g/mol. The van der Waals surface area contributed by atoms with Crippen molar-refractivity contribution < 1.29 is 24.2 Å². The molecule has 0 aliphatic heterocycles. The Morgan fingerprint density at radius 3 is 2.32 bits per heavy atom. The van der Waals surface area contributed by atoms with Crippen LogP contribution in [0, 0.1) is 0 Å². The van der Waals surface area contributed by atoms with Gasteiger partial charge in [-0.15, -0.1) is 0 Å². The van der Waals surface area contributed by atoms with Gasteiger partial charge < -0.3 is 25.2 Å². The third-order valence-corrected chi connectivity index (χ3v) is 4.04. The maximum Gasteiger partial charge on any atom is 0.407 e. The Morgan fingerprint density at radius 1 is 1.10 bits per heavy atom. The van der Waals surface area contributed by atoms with Crippen LogP contribution in [0.25, 0.3) is 0 Å². The molecule has 0 unspecified atom stereocenters. The summed E-state index contributed by atoms with van der Waals surface area (Å²) in [4.78, 5) is 31.3. The van der Waals surface area contributed by atoms with E-state index in [1.54, 1.807) is 0 Å². The molecule has 0 radical (unpaired) electrons. The molecule has 1 aromatic heterocycles. The van der Waals surface area contributed by atoms with Crippen molar-refractivity contribution in [3.63, 3.8) is 0 Å². The number of carboxylic acids is 1. The fraction of sp³-hybridized carbons (Fsp3) is 0.455. The van der Waals surface area contributed by atoms with Crippen LogP contribution in [0.5, 0.6) is 6.01 Å². The summed E-state index contributed by atoms with van der Waals surface area (Å²) in [6.07, 6.45) is 2.61. The summed E-state index contributed by atoms with van der Waals surface area (Å²) in [5.41, 5.74) is 1.26.